The minimum atomic E-state index is -0.864. The maximum absolute atomic E-state index is 11.9. The average Bonchev–Trinajstić information content (AvgIpc) is 3.16. The van der Waals surface area contributed by atoms with Gasteiger partial charge in [-0.2, -0.15) is 0 Å². The number of hydrogen-bond donors (Lipinski definition) is 2. The molecule has 0 amide bonds. The molecule has 0 spiro atoms. The van der Waals surface area contributed by atoms with Gasteiger partial charge in [0.15, 0.2) is 0 Å². The monoisotopic (exact) mass is 336 g/mol. The number of nitrogens with two attached hydrogens (primary N) is 1. The Morgan fingerprint density at radius 1 is 1.32 bits per heavy atom. The predicted molar refractivity (Wildman–Crippen MR) is 94.6 cm³/mol. The SMILES string of the molecule is NCCCC1CC1(C(=O)O)c1cn(-c2cc3ccccc3cn2)cn1. The van der Waals surface area contributed by atoms with Crippen LogP contribution >= 0.6 is 0 Å². The number of hydrogen-bond acceptors (Lipinski definition) is 4. The lowest BCUT2D eigenvalue weighted by atomic mass is 9.98. The number of carboxylic acid groups (broad SMARTS) is 1. The first-order valence-electron chi connectivity index (χ1n) is 8.48. The summed E-state index contributed by atoms with van der Waals surface area (Å²) in [5, 5.41) is 11.9. The van der Waals surface area contributed by atoms with Crippen molar-refractivity contribution in [2.75, 3.05) is 6.54 Å². The van der Waals surface area contributed by atoms with Crippen molar-refractivity contribution in [3.05, 3.63) is 54.7 Å². The molecule has 4 rings (SSSR count). The van der Waals surface area contributed by atoms with Crippen LogP contribution < -0.4 is 5.73 Å². The van der Waals surface area contributed by atoms with E-state index in [-0.39, 0.29) is 5.92 Å². The predicted octanol–water partition coefficient (Wildman–Crippen LogP) is 2.50. The summed E-state index contributed by atoms with van der Waals surface area (Å²) in [6.45, 7) is 0.585. The van der Waals surface area contributed by atoms with Crippen LogP contribution in [0.1, 0.15) is 25.0 Å². The molecule has 1 aliphatic carbocycles. The number of pyridine rings is 1. The normalized spacial score (nSPS) is 22.2. The highest BCUT2D eigenvalue weighted by Gasteiger charge is 2.62. The fourth-order valence-corrected chi connectivity index (χ4v) is 3.62. The molecule has 2 atom stereocenters. The molecule has 1 aromatic carbocycles. The lowest BCUT2D eigenvalue weighted by molar-refractivity contribution is -0.140. The highest BCUT2D eigenvalue weighted by molar-refractivity contribution is 5.85. The molecular weight excluding hydrogens is 316 g/mol. The van der Waals surface area contributed by atoms with Crippen molar-refractivity contribution in [3.8, 4) is 5.82 Å². The summed E-state index contributed by atoms with van der Waals surface area (Å²) in [7, 11) is 0. The summed E-state index contributed by atoms with van der Waals surface area (Å²) in [6, 6.07) is 9.98. The Balaban J connectivity index is 1.66. The van der Waals surface area contributed by atoms with Gasteiger partial charge < -0.3 is 10.8 Å². The van der Waals surface area contributed by atoms with E-state index in [0.717, 1.165) is 29.4 Å². The Kier molecular flexibility index (Phi) is 3.77. The Labute approximate surface area is 145 Å². The zero-order valence-corrected chi connectivity index (χ0v) is 13.8. The third-order valence-electron chi connectivity index (χ3n) is 5.16. The van der Waals surface area contributed by atoms with Crippen LogP contribution in [0, 0.1) is 5.92 Å². The van der Waals surface area contributed by atoms with Crippen molar-refractivity contribution in [1.29, 1.82) is 0 Å². The highest BCUT2D eigenvalue weighted by Crippen LogP contribution is 2.56. The van der Waals surface area contributed by atoms with Crippen LogP contribution in [-0.4, -0.2) is 32.2 Å². The summed E-state index contributed by atoms with van der Waals surface area (Å²) in [6.07, 6.45) is 7.56. The van der Waals surface area contributed by atoms with E-state index in [1.165, 1.54) is 0 Å². The van der Waals surface area contributed by atoms with E-state index in [9.17, 15) is 9.90 Å². The van der Waals surface area contributed by atoms with Gasteiger partial charge in [-0.3, -0.25) is 9.36 Å². The Morgan fingerprint density at radius 2 is 2.12 bits per heavy atom. The Morgan fingerprint density at radius 3 is 2.88 bits per heavy atom. The summed E-state index contributed by atoms with van der Waals surface area (Å²) < 4.78 is 1.80. The van der Waals surface area contributed by atoms with Gasteiger partial charge in [-0.1, -0.05) is 24.3 Å². The third-order valence-corrected chi connectivity index (χ3v) is 5.16. The van der Waals surface area contributed by atoms with Crippen molar-refractivity contribution in [2.45, 2.75) is 24.7 Å². The van der Waals surface area contributed by atoms with Gasteiger partial charge in [0.2, 0.25) is 0 Å². The van der Waals surface area contributed by atoms with E-state index >= 15 is 0 Å². The van der Waals surface area contributed by atoms with Crippen LogP contribution in [0.2, 0.25) is 0 Å². The van der Waals surface area contributed by atoms with E-state index in [1.54, 1.807) is 17.1 Å². The van der Waals surface area contributed by atoms with Gasteiger partial charge in [0, 0.05) is 17.8 Å². The zero-order chi connectivity index (χ0) is 17.4. The molecule has 6 nitrogen and oxygen atoms in total. The number of rotatable bonds is 6. The van der Waals surface area contributed by atoms with Crippen molar-refractivity contribution in [1.82, 2.24) is 14.5 Å². The van der Waals surface area contributed by atoms with E-state index < -0.39 is 11.4 Å². The summed E-state index contributed by atoms with van der Waals surface area (Å²) >= 11 is 0. The summed E-state index contributed by atoms with van der Waals surface area (Å²) in [5.41, 5.74) is 5.30. The maximum Gasteiger partial charge on any atom is 0.316 e. The van der Waals surface area contributed by atoms with Crippen LogP contribution in [0.15, 0.2) is 49.1 Å². The van der Waals surface area contributed by atoms with Crippen molar-refractivity contribution >= 4 is 16.7 Å². The molecule has 0 saturated heterocycles. The number of benzene rings is 1. The molecular formula is C19H20N4O2. The number of nitrogens with zero attached hydrogens (tertiary/aromatic N) is 3. The van der Waals surface area contributed by atoms with E-state index in [2.05, 4.69) is 9.97 Å². The largest absolute Gasteiger partial charge is 0.481 e. The molecule has 0 radical (unpaired) electrons. The fraction of sp³-hybridized carbons (Fsp3) is 0.316. The van der Waals surface area contributed by atoms with Crippen molar-refractivity contribution < 1.29 is 9.90 Å². The molecule has 2 unspecified atom stereocenters. The van der Waals surface area contributed by atoms with Crippen molar-refractivity contribution in [2.24, 2.45) is 11.7 Å². The minimum Gasteiger partial charge on any atom is -0.481 e. The standard InChI is InChI=1S/C19H20N4O2/c20-7-3-6-15-9-19(15,18(24)25)16-11-23(12-22-16)17-8-13-4-1-2-5-14(13)10-21-17/h1-2,4-5,8,10-12,15H,3,6-7,9,20H2,(H,24,25). The Bertz CT molecular complexity index is 936. The molecule has 25 heavy (non-hydrogen) atoms. The van der Waals surface area contributed by atoms with Crippen molar-refractivity contribution in [3.63, 3.8) is 0 Å². The summed E-state index contributed by atoms with van der Waals surface area (Å²) in [5.74, 6) is 0.0462. The van der Waals surface area contributed by atoms with Gasteiger partial charge in [-0.05, 0) is 43.2 Å². The molecule has 1 aliphatic rings. The molecule has 128 valence electrons. The zero-order valence-electron chi connectivity index (χ0n) is 13.8. The van der Waals surface area contributed by atoms with Crippen LogP contribution in [0.5, 0.6) is 0 Å². The van der Waals surface area contributed by atoms with Gasteiger partial charge in [0.1, 0.15) is 17.6 Å². The van der Waals surface area contributed by atoms with E-state index in [0.29, 0.717) is 18.7 Å². The third kappa shape index (κ3) is 2.59. The molecule has 0 aliphatic heterocycles. The topological polar surface area (TPSA) is 94.0 Å². The second-order valence-electron chi connectivity index (χ2n) is 6.66. The number of aliphatic carboxylic acids is 1. The Hall–Kier alpha value is -2.73. The number of imidazole rings is 1. The van der Waals surface area contributed by atoms with Gasteiger partial charge in [-0.15, -0.1) is 0 Å². The molecule has 1 fully saturated rings. The van der Waals surface area contributed by atoms with Crippen LogP contribution in [0.3, 0.4) is 0 Å². The first kappa shape index (κ1) is 15.8. The highest BCUT2D eigenvalue weighted by atomic mass is 16.4. The first-order valence-corrected chi connectivity index (χ1v) is 8.48. The number of fused-ring (bicyclic) bond motifs is 1. The maximum atomic E-state index is 11.9. The molecule has 3 N–H and O–H groups in total. The molecule has 6 heteroatoms. The average molecular weight is 336 g/mol. The quantitative estimate of drug-likeness (QED) is 0.721. The smallest absolute Gasteiger partial charge is 0.316 e. The molecule has 0 bridgehead atoms. The summed E-state index contributed by atoms with van der Waals surface area (Å²) in [4.78, 5) is 20.7. The lowest BCUT2D eigenvalue weighted by Crippen LogP contribution is -2.23. The van der Waals surface area contributed by atoms with Crippen LogP contribution in [0.4, 0.5) is 0 Å². The van der Waals surface area contributed by atoms with Gasteiger partial charge in [-0.25, -0.2) is 9.97 Å². The lowest BCUT2D eigenvalue weighted by Gasteiger charge is -2.09. The second kappa shape index (κ2) is 5.97. The first-order chi connectivity index (χ1) is 12.1. The van der Waals surface area contributed by atoms with Crippen LogP contribution in [-0.2, 0) is 10.2 Å². The number of carboxylic acids is 1. The van der Waals surface area contributed by atoms with Crippen LogP contribution in [0.25, 0.3) is 16.6 Å². The van der Waals surface area contributed by atoms with Gasteiger partial charge in [0.05, 0.1) is 5.69 Å². The molecule has 2 heterocycles. The van der Waals surface area contributed by atoms with E-state index in [4.69, 9.17) is 5.73 Å². The van der Waals surface area contributed by atoms with Gasteiger partial charge >= 0.3 is 5.97 Å². The number of aromatic nitrogens is 3. The number of carbonyl (C=O) groups is 1. The fourth-order valence-electron chi connectivity index (χ4n) is 3.62. The molecule has 1 saturated carbocycles. The molecule has 2 aromatic heterocycles. The molecule has 3 aromatic rings. The van der Waals surface area contributed by atoms with E-state index in [1.807, 2.05) is 36.5 Å². The second-order valence-corrected chi connectivity index (χ2v) is 6.66. The minimum absolute atomic E-state index is 0.112. The van der Waals surface area contributed by atoms with Gasteiger partial charge in [0.25, 0.3) is 0 Å².